The summed E-state index contributed by atoms with van der Waals surface area (Å²) in [4.78, 5) is 27.6. The third-order valence-electron chi connectivity index (χ3n) is 3.88. The quantitative estimate of drug-likeness (QED) is 0.323. The van der Waals surface area contributed by atoms with E-state index in [9.17, 15) is 14.7 Å². The Balaban J connectivity index is 1.82. The van der Waals surface area contributed by atoms with Crippen molar-refractivity contribution in [2.75, 3.05) is 7.11 Å². The van der Waals surface area contributed by atoms with Crippen molar-refractivity contribution >= 4 is 29.8 Å². The Morgan fingerprint density at radius 1 is 1.31 bits per heavy atom. The molecule has 9 heteroatoms. The van der Waals surface area contributed by atoms with Gasteiger partial charge in [-0.15, -0.1) is 5.10 Å². The van der Waals surface area contributed by atoms with E-state index in [-0.39, 0.29) is 4.91 Å². The number of carbonyl (C=O) groups is 2. The first-order valence-electron chi connectivity index (χ1n) is 8.83. The van der Waals surface area contributed by atoms with E-state index < -0.39 is 11.9 Å². The number of nitrogens with zero attached hydrogens (tertiary/aromatic N) is 2. The number of ether oxygens (including phenoxy) is 1. The van der Waals surface area contributed by atoms with Crippen LogP contribution in [0.15, 0.2) is 50.9 Å². The van der Waals surface area contributed by atoms with Gasteiger partial charge in [0.1, 0.15) is 22.3 Å². The van der Waals surface area contributed by atoms with Gasteiger partial charge >= 0.3 is 11.9 Å². The van der Waals surface area contributed by atoms with Crippen LogP contribution in [0, 0.1) is 0 Å². The van der Waals surface area contributed by atoms with Gasteiger partial charge < -0.3 is 14.3 Å². The van der Waals surface area contributed by atoms with Gasteiger partial charge in [0.2, 0.25) is 5.16 Å². The van der Waals surface area contributed by atoms with Gasteiger partial charge in [-0.05, 0) is 42.4 Å². The lowest BCUT2D eigenvalue weighted by Crippen LogP contribution is -2.00. The molecule has 0 saturated heterocycles. The van der Waals surface area contributed by atoms with E-state index in [2.05, 4.69) is 15.2 Å². The summed E-state index contributed by atoms with van der Waals surface area (Å²) in [7, 11) is 1.31. The third-order valence-corrected chi connectivity index (χ3v) is 4.76. The van der Waals surface area contributed by atoms with E-state index >= 15 is 0 Å². The highest BCUT2D eigenvalue weighted by Crippen LogP contribution is 2.29. The minimum absolute atomic E-state index is 0.0243. The van der Waals surface area contributed by atoms with Crippen molar-refractivity contribution in [2.24, 2.45) is 0 Å². The Kier molecular flexibility index (Phi) is 6.50. The molecule has 0 radical (unpaired) electrons. The fraction of sp³-hybridized carbons (Fsp3) is 0.200. The molecule has 0 amide bonds. The number of thioether (sulfide) groups is 1. The smallest absolute Gasteiger partial charge is 0.342 e. The number of aliphatic carboxylic acids is 1. The molecule has 2 heterocycles. The molecule has 0 fully saturated rings. The molecule has 0 bridgehead atoms. The van der Waals surface area contributed by atoms with Crippen molar-refractivity contribution < 1.29 is 23.8 Å². The minimum Gasteiger partial charge on any atom is -0.477 e. The molecule has 150 valence electrons. The van der Waals surface area contributed by atoms with Crippen molar-refractivity contribution in [3.63, 3.8) is 0 Å². The number of carboxylic acid groups (broad SMARTS) is 1. The van der Waals surface area contributed by atoms with Crippen LogP contribution in [-0.4, -0.2) is 39.3 Å². The number of aryl methyl sites for hydroxylation is 1. The maximum absolute atomic E-state index is 11.7. The van der Waals surface area contributed by atoms with Crippen LogP contribution in [0.3, 0.4) is 0 Å². The van der Waals surface area contributed by atoms with E-state index in [0.29, 0.717) is 33.6 Å². The van der Waals surface area contributed by atoms with E-state index in [0.717, 1.165) is 24.6 Å². The Morgan fingerprint density at radius 2 is 2.14 bits per heavy atom. The monoisotopic (exact) mass is 413 g/mol. The zero-order chi connectivity index (χ0) is 20.8. The van der Waals surface area contributed by atoms with Crippen LogP contribution in [0.5, 0.6) is 0 Å². The average Bonchev–Trinajstić information content (AvgIpc) is 3.37. The summed E-state index contributed by atoms with van der Waals surface area (Å²) in [6.45, 7) is 2.02. The van der Waals surface area contributed by atoms with Crippen LogP contribution < -0.4 is 0 Å². The summed E-state index contributed by atoms with van der Waals surface area (Å²) in [5.74, 6) is 0.0163. The number of rotatable bonds is 8. The number of nitrogens with one attached hydrogen (secondary N) is 1. The number of methoxy groups -OCH3 is 1. The molecule has 2 N–H and O–H groups in total. The summed E-state index contributed by atoms with van der Waals surface area (Å²) < 4.78 is 10.5. The first-order chi connectivity index (χ1) is 14.0. The second kappa shape index (κ2) is 9.24. The number of aromatic nitrogens is 3. The van der Waals surface area contributed by atoms with Gasteiger partial charge in [-0.3, -0.25) is 5.10 Å². The van der Waals surface area contributed by atoms with Crippen molar-refractivity contribution in [1.82, 2.24) is 15.2 Å². The van der Waals surface area contributed by atoms with Crippen LogP contribution in [0.4, 0.5) is 0 Å². The predicted molar refractivity (Wildman–Crippen MR) is 107 cm³/mol. The Bertz CT molecular complexity index is 1050. The van der Waals surface area contributed by atoms with Gasteiger partial charge in [0.05, 0.1) is 12.7 Å². The standard InChI is InChI=1S/C20H19N3O5S/c1-3-5-17-21-20(23-22-17)29-16(18(24)25)11-14-8-9-15(28-14)12-6-4-7-13(10-12)19(26)27-2/h4,6-11H,3,5H2,1-2H3,(H,24,25)(H,21,22,23)/b16-11-. The van der Waals surface area contributed by atoms with E-state index in [1.165, 1.54) is 13.2 Å². The maximum Gasteiger partial charge on any atom is 0.342 e. The number of furan rings is 1. The Morgan fingerprint density at radius 3 is 2.86 bits per heavy atom. The fourth-order valence-electron chi connectivity index (χ4n) is 2.54. The highest BCUT2D eigenvalue weighted by Gasteiger charge is 2.15. The van der Waals surface area contributed by atoms with E-state index in [1.54, 1.807) is 36.4 Å². The summed E-state index contributed by atoms with van der Waals surface area (Å²) >= 11 is 0.940. The maximum atomic E-state index is 11.7. The normalized spacial score (nSPS) is 11.4. The molecule has 0 unspecified atom stereocenters. The van der Waals surface area contributed by atoms with Gasteiger partial charge in [-0.1, -0.05) is 19.1 Å². The number of hydrogen-bond donors (Lipinski definition) is 2. The van der Waals surface area contributed by atoms with Crippen molar-refractivity contribution in [3.05, 3.63) is 58.5 Å². The number of aromatic amines is 1. The second-order valence-electron chi connectivity index (χ2n) is 6.00. The number of hydrogen-bond acceptors (Lipinski definition) is 7. The van der Waals surface area contributed by atoms with Crippen molar-refractivity contribution in [3.8, 4) is 11.3 Å². The van der Waals surface area contributed by atoms with Crippen molar-refractivity contribution in [1.29, 1.82) is 0 Å². The van der Waals surface area contributed by atoms with E-state index in [4.69, 9.17) is 9.15 Å². The summed E-state index contributed by atoms with van der Waals surface area (Å²) in [5.41, 5.74) is 1.07. The minimum atomic E-state index is -1.11. The number of H-pyrrole nitrogens is 1. The largest absolute Gasteiger partial charge is 0.477 e. The molecule has 0 aliphatic carbocycles. The zero-order valence-electron chi connectivity index (χ0n) is 15.8. The number of esters is 1. The van der Waals surface area contributed by atoms with Gasteiger partial charge in [0.25, 0.3) is 0 Å². The summed E-state index contributed by atoms with van der Waals surface area (Å²) in [6.07, 6.45) is 3.07. The second-order valence-corrected chi connectivity index (χ2v) is 7.01. The SMILES string of the molecule is CCCc1nc(S/C(=C\c2ccc(-c3cccc(C(=O)OC)c3)o2)C(=O)O)n[nH]1. The van der Waals surface area contributed by atoms with Crippen LogP contribution in [0.2, 0.25) is 0 Å². The van der Waals surface area contributed by atoms with Gasteiger partial charge in [0.15, 0.2) is 0 Å². The highest BCUT2D eigenvalue weighted by molar-refractivity contribution is 8.04. The van der Waals surface area contributed by atoms with Crippen LogP contribution in [0.1, 0.15) is 35.3 Å². The van der Waals surface area contributed by atoms with Gasteiger partial charge in [-0.2, -0.15) is 0 Å². The third kappa shape index (κ3) is 5.14. The molecule has 0 atom stereocenters. The van der Waals surface area contributed by atoms with Crippen LogP contribution >= 0.6 is 11.8 Å². The fourth-order valence-corrected chi connectivity index (χ4v) is 3.24. The van der Waals surface area contributed by atoms with Gasteiger partial charge in [-0.25, -0.2) is 14.6 Å². The molecule has 0 aliphatic rings. The summed E-state index contributed by atoms with van der Waals surface area (Å²) in [5, 5.41) is 16.7. The van der Waals surface area contributed by atoms with Crippen molar-refractivity contribution in [2.45, 2.75) is 24.9 Å². The Labute approximate surface area is 171 Å². The van der Waals surface area contributed by atoms with Crippen LogP contribution in [-0.2, 0) is 16.0 Å². The number of carbonyl (C=O) groups excluding carboxylic acids is 1. The molecule has 1 aromatic carbocycles. The molecule has 8 nitrogen and oxygen atoms in total. The lowest BCUT2D eigenvalue weighted by molar-refractivity contribution is -0.131. The molecule has 3 rings (SSSR count). The lowest BCUT2D eigenvalue weighted by Gasteiger charge is -2.01. The average molecular weight is 413 g/mol. The molecular weight excluding hydrogens is 394 g/mol. The molecule has 0 saturated carbocycles. The number of carboxylic acids is 1. The Hall–Kier alpha value is -3.33. The molecule has 0 spiro atoms. The molecular formula is C20H19N3O5S. The van der Waals surface area contributed by atoms with Crippen LogP contribution in [0.25, 0.3) is 17.4 Å². The number of benzene rings is 1. The lowest BCUT2D eigenvalue weighted by atomic mass is 10.1. The molecule has 3 aromatic rings. The van der Waals surface area contributed by atoms with Gasteiger partial charge in [0, 0.05) is 18.1 Å². The molecule has 29 heavy (non-hydrogen) atoms. The molecule has 0 aliphatic heterocycles. The zero-order valence-corrected chi connectivity index (χ0v) is 16.7. The topological polar surface area (TPSA) is 118 Å². The summed E-state index contributed by atoms with van der Waals surface area (Å²) in [6, 6.07) is 10.2. The first kappa shape index (κ1) is 20.4. The highest BCUT2D eigenvalue weighted by atomic mass is 32.2. The first-order valence-corrected chi connectivity index (χ1v) is 9.64. The van der Waals surface area contributed by atoms with E-state index in [1.807, 2.05) is 6.92 Å². The predicted octanol–water partition coefficient (Wildman–Crippen LogP) is 4.02. The molecule has 2 aromatic heterocycles.